The summed E-state index contributed by atoms with van der Waals surface area (Å²) < 4.78 is 5.26. The summed E-state index contributed by atoms with van der Waals surface area (Å²) in [5.41, 5.74) is 8.25. The molecule has 6 heteroatoms. The van der Waals surface area contributed by atoms with E-state index in [1.54, 1.807) is 0 Å². The lowest BCUT2D eigenvalue weighted by molar-refractivity contribution is -0.128. The van der Waals surface area contributed by atoms with Gasteiger partial charge in [0, 0.05) is 17.5 Å². The van der Waals surface area contributed by atoms with Crippen LogP contribution in [0.15, 0.2) is 4.52 Å². The summed E-state index contributed by atoms with van der Waals surface area (Å²) in [6.45, 7) is 5.93. The van der Waals surface area contributed by atoms with Crippen molar-refractivity contribution in [1.82, 2.24) is 10.5 Å². The zero-order valence-electron chi connectivity index (χ0n) is 14.9. The minimum atomic E-state index is -0.0100. The number of carbonyl (C=O) groups is 1. The molecular formula is C18H30ClN3O2. The molecule has 1 aromatic rings. The van der Waals surface area contributed by atoms with E-state index in [4.69, 9.17) is 10.3 Å². The van der Waals surface area contributed by atoms with Crippen molar-refractivity contribution in [3.8, 4) is 0 Å². The molecule has 0 radical (unpaired) electrons. The van der Waals surface area contributed by atoms with Crippen LogP contribution in [-0.4, -0.2) is 17.1 Å². The standard InChI is InChI=1S/C18H29N3O2.ClH/c1-4-15(16-10(2)21-23-11(16)3)20-18(22)14-8-12-6-5-7-13(9-14)17(12)19;/h12-15,17H,4-9,19H2,1-3H3,(H,20,22);1H. The van der Waals surface area contributed by atoms with Gasteiger partial charge in [0.25, 0.3) is 0 Å². The van der Waals surface area contributed by atoms with Crippen LogP contribution in [0.3, 0.4) is 0 Å². The summed E-state index contributed by atoms with van der Waals surface area (Å²) in [6, 6.07) is 0.293. The third-order valence-corrected chi connectivity index (χ3v) is 5.95. The number of fused-ring (bicyclic) bond motifs is 2. The Hall–Kier alpha value is -1.07. The lowest BCUT2D eigenvalue weighted by Crippen LogP contribution is -2.49. The van der Waals surface area contributed by atoms with E-state index in [1.807, 2.05) is 13.8 Å². The van der Waals surface area contributed by atoms with Crippen molar-refractivity contribution in [3.05, 3.63) is 17.0 Å². The molecule has 1 heterocycles. The molecule has 24 heavy (non-hydrogen) atoms. The van der Waals surface area contributed by atoms with E-state index in [0.717, 1.165) is 36.3 Å². The first-order valence-corrected chi connectivity index (χ1v) is 9.00. The van der Waals surface area contributed by atoms with Crippen molar-refractivity contribution in [2.24, 2.45) is 23.5 Å². The molecule has 2 fully saturated rings. The molecule has 3 atom stereocenters. The summed E-state index contributed by atoms with van der Waals surface area (Å²) in [5.74, 6) is 2.15. The van der Waals surface area contributed by atoms with Crippen molar-refractivity contribution in [2.45, 2.75) is 71.4 Å². The zero-order chi connectivity index (χ0) is 16.6. The fourth-order valence-corrected chi connectivity index (χ4v) is 4.66. The van der Waals surface area contributed by atoms with E-state index in [9.17, 15) is 4.79 Å². The van der Waals surface area contributed by atoms with Crippen LogP contribution in [0.2, 0.25) is 0 Å². The number of carbonyl (C=O) groups excluding carboxylic acids is 1. The molecule has 0 saturated heterocycles. The minimum Gasteiger partial charge on any atom is -0.361 e. The summed E-state index contributed by atoms with van der Waals surface area (Å²) in [4.78, 5) is 12.8. The average molecular weight is 356 g/mol. The molecule has 0 aliphatic heterocycles. The highest BCUT2D eigenvalue weighted by Crippen LogP contribution is 2.42. The van der Waals surface area contributed by atoms with Crippen LogP contribution in [0.5, 0.6) is 0 Å². The Labute approximate surface area is 150 Å². The fraction of sp³-hybridized carbons (Fsp3) is 0.778. The topological polar surface area (TPSA) is 81.2 Å². The molecule has 5 nitrogen and oxygen atoms in total. The van der Waals surface area contributed by atoms with Crippen molar-refractivity contribution >= 4 is 18.3 Å². The van der Waals surface area contributed by atoms with Gasteiger partial charge in [0.05, 0.1) is 11.7 Å². The van der Waals surface area contributed by atoms with Gasteiger partial charge in [-0.15, -0.1) is 12.4 Å². The maximum Gasteiger partial charge on any atom is 0.223 e. The number of nitrogens with two attached hydrogens (primary N) is 1. The number of nitrogens with zero attached hydrogens (tertiary/aromatic N) is 1. The van der Waals surface area contributed by atoms with Crippen LogP contribution in [0, 0.1) is 31.6 Å². The number of hydrogen-bond acceptors (Lipinski definition) is 4. The highest BCUT2D eigenvalue weighted by molar-refractivity contribution is 5.85. The smallest absolute Gasteiger partial charge is 0.223 e. The first kappa shape index (κ1) is 19.3. The Morgan fingerprint density at radius 3 is 2.46 bits per heavy atom. The Morgan fingerprint density at radius 1 is 1.33 bits per heavy atom. The number of rotatable bonds is 4. The van der Waals surface area contributed by atoms with Crippen LogP contribution in [0.4, 0.5) is 0 Å². The van der Waals surface area contributed by atoms with Gasteiger partial charge in [-0.05, 0) is 57.8 Å². The van der Waals surface area contributed by atoms with E-state index >= 15 is 0 Å². The van der Waals surface area contributed by atoms with E-state index in [1.165, 1.54) is 19.3 Å². The van der Waals surface area contributed by atoms with Crippen LogP contribution < -0.4 is 11.1 Å². The monoisotopic (exact) mass is 355 g/mol. The maximum atomic E-state index is 12.8. The molecule has 3 N–H and O–H groups in total. The summed E-state index contributed by atoms with van der Waals surface area (Å²) >= 11 is 0. The number of aromatic nitrogens is 1. The van der Waals surface area contributed by atoms with Gasteiger partial charge in [-0.25, -0.2) is 0 Å². The van der Waals surface area contributed by atoms with Gasteiger partial charge in [-0.2, -0.15) is 0 Å². The molecule has 1 aromatic heterocycles. The molecule has 2 aliphatic rings. The summed E-state index contributed by atoms with van der Waals surface area (Å²) in [7, 11) is 0. The fourth-order valence-electron chi connectivity index (χ4n) is 4.66. The van der Waals surface area contributed by atoms with Crippen LogP contribution in [0.25, 0.3) is 0 Å². The van der Waals surface area contributed by atoms with Gasteiger partial charge in [0.15, 0.2) is 0 Å². The number of nitrogens with one attached hydrogen (secondary N) is 1. The highest BCUT2D eigenvalue weighted by atomic mass is 35.5. The van der Waals surface area contributed by atoms with E-state index in [-0.39, 0.29) is 30.3 Å². The molecule has 3 unspecified atom stereocenters. The Morgan fingerprint density at radius 2 is 1.96 bits per heavy atom. The lowest BCUT2D eigenvalue weighted by Gasteiger charge is -2.43. The molecule has 3 rings (SSSR count). The largest absolute Gasteiger partial charge is 0.361 e. The third-order valence-electron chi connectivity index (χ3n) is 5.95. The SMILES string of the molecule is CCC(NC(=O)C1CC2CCCC(C1)C2N)c1c(C)noc1C.Cl. The predicted molar refractivity (Wildman–Crippen MR) is 95.9 cm³/mol. The molecule has 2 saturated carbocycles. The minimum absolute atomic E-state index is 0. The van der Waals surface area contributed by atoms with Crippen LogP contribution in [0.1, 0.15) is 68.5 Å². The average Bonchev–Trinajstić information content (AvgIpc) is 2.83. The number of amides is 1. The van der Waals surface area contributed by atoms with Gasteiger partial charge in [-0.1, -0.05) is 18.5 Å². The van der Waals surface area contributed by atoms with Crippen LogP contribution in [-0.2, 0) is 4.79 Å². The quantitative estimate of drug-likeness (QED) is 0.866. The Bertz CT molecular complexity index is 541. The molecule has 2 aliphatic carbocycles. The first-order valence-electron chi connectivity index (χ1n) is 9.00. The molecule has 0 aromatic carbocycles. The maximum absolute atomic E-state index is 12.8. The normalized spacial score (nSPS) is 30.3. The van der Waals surface area contributed by atoms with E-state index in [2.05, 4.69) is 17.4 Å². The second-order valence-corrected chi connectivity index (χ2v) is 7.40. The van der Waals surface area contributed by atoms with Crippen molar-refractivity contribution in [2.75, 3.05) is 0 Å². The number of halogens is 1. The van der Waals surface area contributed by atoms with Gasteiger partial charge < -0.3 is 15.6 Å². The zero-order valence-corrected chi connectivity index (χ0v) is 15.7. The number of aryl methyl sites for hydroxylation is 2. The summed E-state index contributed by atoms with van der Waals surface area (Å²) in [6.07, 6.45) is 6.37. The molecular weight excluding hydrogens is 326 g/mol. The lowest BCUT2D eigenvalue weighted by atomic mass is 9.65. The van der Waals surface area contributed by atoms with Crippen molar-refractivity contribution < 1.29 is 9.32 Å². The van der Waals surface area contributed by atoms with Gasteiger partial charge in [-0.3, -0.25) is 4.79 Å². The van der Waals surface area contributed by atoms with E-state index < -0.39 is 0 Å². The van der Waals surface area contributed by atoms with Gasteiger partial charge in [0.1, 0.15) is 5.76 Å². The predicted octanol–water partition coefficient (Wildman–Crippen LogP) is 3.43. The van der Waals surface area contributed by atoms with E-state index in [0.29, 0.717) is 17.9 Å². The second-order valence-electron chi connectivity index (χ2n) is 7.40. The van der Waals surface area contributed by atoms with Gasteiger partial charge in [0.2, 0.25) is 5.91 Å². The molecule has 136 valence electrons. The first-order chi connectivity index (χ1) is 11.0. The Kier molecular flexibility index (Phi) is 6.32. The van der Waals surface area contributed by atoms with Crippen molar-refractivity contribution in [1.29, 1.82) is 0 Å². The summed E-state index contributed by atoms with van der Waals surface area (Å²) in [5, 5.41) is 7.26. The van der Waals surface area contributed by atoms with Crippen molar-refractivity contribution in [3.63, 3.8) is 0 Å². The number of hydrogen-bond donors (Lipinski definition) is 2. The second kappa shape index (κ2) is 7.87. The highest BCUT2D eigenvalue weighted by Gasteiger charge is 2.41. The van der Waals surface area contributed by atoms with Gasteiger partial charge >= 0.3 is 0 Å². The molecule has 0 spiro atoms. The third kappa shape index (κ3) is 3.62. The molecule has 2 bridgehead atoms. The molecule has 1 amide bonds. The van der Waals surface area contributed by atoms with Crippen LogP contribution >= 0.6 is 12.4 Å². The Balaban J connectivity index is 0.00000208.